The molecule has 0 radical (unpaired) electrons. The lowest BCUT2D eigenvalue weighted by Gasteiger charge is -2.25. The first-order chi connectivity index (χ1) is 5.17. The van der Waals surface area contributed by atoms with Crippen LogP contribution in [0, 0.1) is 0 Å². The van der Waals surface area contributed by atoms with Crippen LogP contribution in [0.1, 0.15) is 6.92 Å². The minimum Gasteiger partial charge on any atom is -0.351 e. The van der Waals surface area contributed by atoms with E-state index in [1.165, 1.54) is 19.1 Å². The van der Waals surface area contributed by atoms with Crippen LogP contribution in [0.4, 0.5) is 4.79 Å². The highest BCUT2D eigenvalue weighted by atomic mass is 16.7. The minimum absolute atomic E-state index is 0.460. The maximum atomic E-state index is 10.7. The lowest BCUT2D eigenvalue weighted by Crippen LogP contribution is -2.45. The first kappa shape index (κ1) is 10.2. The fourth-order valence-corrected chi connectivity index (χ4v) is 0.760. The zero-order chi connectivity index (χ0) is 8.85. The number of carbonyl (C=O) groups is 1. The first-order valence-corrected chi connectivity index (χ1v) is 3.29. The van der Waals surface area contributed by atoms with Gasteiger partial charge in [-0.25, -0.2) is 4.79 Å². The number of hydrogen-bond acceptors (Lipinski definition) is 3. The molecule has 0 aliphatic heterocycles. The molecule has 0 saturated carbocycles. The molecule has 0 atom stereocenters. The van der Waals surface area contributed by atoms with Gasteiger partial charge in [0.1, 0.15) is 0 Å². The van der Waals surface area contributed by atoms with Gasteiger partial charge in [-0.15, -0.1) is 0 Å². The van der Waals surface area contributed by atoms with Gasteiger partial charge in [0, 0.05) is 20.8 Å². The number of hydrogen-bond donors (Lipinski definition) is 1. The summed E-state index contributed by atoms with van der Waals surface area (Å²) in [6.45, 7) is 2.25. The molecule has 0 heterocycles. The second-order valence-electron chi connectivity index (χ2n) is 1.90. The van der Waals surface area contributed by atoms with Gasteiger partial charge in [-0.1, -0.05) is 0 Å². The predicted octanol–water partition coefficient (Wildman–Crippen LogP) is -0.0366. The summed E-state index contributed by atoms with van der Waals surface area (Å²) >= 11 is 0. The third-order valence-electron chi connectivity index (χ3n) is 1.28. The van der Waals surface area contributed by atoms with E-state index in [2.05, 4.69) is 0 Å². The van der Waals surface area contributed by atoms with Crippen molar-refractivity contribution < 1.29 is 14.3 Å². The van der Waals surface area contributed by atoms with Crippen LogP contribution in [0.25, 0.3) is 0 Å². The number of rotatable bonds is 4. The fourth-order valence-electron chi connectivity index (χ4n) is 0.760. The quantitative estimate of drug-likeness (QED) is 0.590. The summed E-state index contributed by atoms with van der Waals surface area (Å²) in [6, 6.07) is -0.554. The Morgan fingerprint density at radius 2 is 2.00 bits per heavy atom. The van der Waals surface area contributed by atoms with Crippen LogP contribution in [-0.4, -0.2) is 38.1 Å². The number of ether oxygens (including phenoxy) is 2. The van der Waals surface area contributed by atoms with Crippen LogP contribution >= 0.6 is 0 Å². The summed E-state index contributed by atoms with van der Waals surface area (Å²) in [5.41, 5.74) is 5.03. The highest BCUT2D eigenvalue weighted by molar-refractivity contribution is 5.71. The van der Waals surface area contributed by atoms with E-state index >= 15 is 0 Å². The molecule has 66 valence electrons. The van der Waals surface area contributed by atoms with Crippen molar-refractivity contribution in [2.45, 2.75) is 13.3 Å². The Morgan fingerprint density at radius 3 is 2.09 bits per heavy atom. The Bertz CT molecular complexity index is 125. The monoisotopic (exact) mass is 162 g/mol. The van der Waals surface area contributed by atoms with Gasteiger partial charge in [-0.3, -0.25) is 4.90 Å². The highest BCUT2D eigenvalue weighted by Crippen LogP contribution is 1.99. The molecule has 2 N–H and O–H groups in total. The number of methoxy groups -OCH3 is 2. The summed E-state index contributed by atoms with van der Waals surface area (Å²) < 4.78 is 9.63. The molecule has 0 fully saturated rings. The van der Waals surface area contributed by atoms with Gasteiger partial charge in [0.2, 0.25) is 6.41 Å². The standard InChI is InChI=1S/C6H14N2O3/c1-4-8(5(7)9)6(10-2)11-3/h6H,4H2,1-3H3,(H2,7,9). The van der Waals surface area contributed by atoms with Crippen molar-refractivity contribution in [3.8, 4) is 0 Å². The minimum atomic E-state index is -0.683. The van der Waals surface area contributed by atoms with Gasteiger partial charge in [-0.2, -0.15) is 0 Å². The molecule has 0 aliphatic rings. The number of urea groups is 1. The molecule has 0 saturated heterocycles. The Hall–Kier alpha value is -0.810. The van der Waals surface area contributed by atoms with Gasteiger partial charge < -0.3 is 15.2 Å². The molecule has 0 rings (SSSR count). The average Bonchev–Trinajstić information content (AvgIpc) is 1.99. The van der Waals surface area contributed by atoms with Gasteiger partial charge in [-0.05, 0) is 6.92 Å². The third-order valence-corrected chi connectivity index (χ3v) is 1.28. The second kappa shape index (κ2) is 4.92. The highest BCUT2D eigenvalue weighted by Gasteiger charge is 2.18. The molecule has 0 bridgehead atoms. The predicted molar refractivity (Wildman–Crippen MR) is 39.8 cm³/mol. The molecule has 11 heavy (non-hydrogen) atoms. The van der Waals surface area contributed by atoms with Crippen molar-refractivity contribution in [2.75, 3.05) is 20.8 Å². The van der Waals surface area contributed by atoms with Crippen molar-refractivity contribution in [3.63, 3.8) is 0 Å². The molecule has 0 spiro atoms. The SMILES string of the molecule is CCN(C(N)=O)C(OC)OC. The molecule has 0 aromatic carbocycles. The Morgan fingerprint density at radius 1 is 1.55 bits per heavy atom. The molecule has 0 aromatic heterocycles. The van der Waals surface area contributed by atoms with E-state index in [1.807, 2.05) is 0 Å². The summed E-state index contributed by atoms with van der Waals surface area (Å²) in [5.74, 6) is 0. The smallest absolute Gasteiger partial charge is 0.318 e. The van der Waals surface area contributed by atoms with E-state index in [1.54, 1.807) is 6.92 Å². The summed E-state index contributed by atoms with van der Waals surface area (Å²) in [5, 5.41) is 0. The Kier molecular flexibility index (Phi) is 4.56. The van der Waals surface area contributed by atoms with Crippen LogP contribution in [0.15, 0.2) is 0 Å². The maximum Gasteiger partial charge on any atom is 0.318 e. The largest absolute Gasteiger partial charge is 0.351 e. The van der Waals surface area contributed by atoms with Gasteiger partial charge in [0.25, 0.3) is 0 Å². The molecular formula is C6H14N2O3. The number of amides is 2. The lowest BCUT2D eigenvalue weighted by atomic mass is 10.6. The zero-order valence-corrected chi connectivity index (χ0v) is 7.03. The van der Waals surface area contributed by atoms with Crippen LogP contribution in [-0.2, 0) is 9.47 Å². The summed E-state index contributed by atoms with van der Waals surface area (Å²) in [4.78, 5) is 11.9. The first-order valence-electron chi connectivity index (χ1n) is 3.29. The Labute approximate surface area is 66.1 Å². The van der Waals surface area contributed by atoms with Crippen molar-refractivity contribution in [1.29, 1.82) is 0 Å². The van der Waals surface area contributed by atoms with E-state index in [9.17, 15) is 4.79 Å². The Balaban J connectivity index is 4.09. The number of nitrogens with zero attached hydrogens (tertiary/aromatic N) is 1. The number of carbonyl (C=O) groups excluding carboxylic acids is 1. The molecular weight excluding hydrogens is 148 g/mol. The van der Waals surface area contributed by atoms with Crippen LogP contribution in [0.5, 0.6) is 0 Å². The fraction of sp³-hybridized carbons (Fsp3) is 0.833. The van der Waals surface area contributed by atoms with Crippen molar-refractivity contribution >= 4 is 6.03 Å². The lowest BCUT2D eigenvalue weighted by molar-refractivity contribution is -0.175. The maximum absolute atomic E-state index is 10.7. The van der Waals surface area contributed by atoms with Gasteiger partial charge >= 0.3 is 6.03 Å². The average molecular weight is 162 g/mol. The second-order valence-corrected chi connectivity index (χ2v) is 1.90. The molecule has 0 aromatic rings. The van der Waals surface area contributed by atoms with Crippen LogP contribution < -0.4 is 5.73 Å². The third kappa shape index (κ3) is 2.73. The van der Waals surface area contributed by atoms with Gasteiger partial charge in [0.15, 0.2) is 0 Å². The van der Waals surface area contributed by atoms with E-state index in [4.69, 9.17) is 15.2 Å². The molecule has 5 heteroatoms. The summed E-state index contributed by atoms with van der Waals surface area (Å²) in [6.07, 6.45) is -0.683. The number of nitrogens with two attached hydrogens (primary N) is 1. The van der Waals surface area contributed by atoms with Crippen molar-refractivity contribution in [1.82, 2.24) is 4.90 Å². The van der Waals surface area contributed by atoms with Gasteiger partial charge in [0.05, 0.1) is 0 Å². The zero-order valence-electron chi connectivity index (χ0n) is 7.03. The number of primary amides is 1. The topological polar surface area (TPSA) is 64.8 Å². The van der Waals surface area contributed by atoms with Crippen molar-refractivity contribution in [3.05, 3.63) is 0 Å². The molecule has 5 nitrogen and oxygen atoms in total. The molecule has 0 unspecified atom stereocenters. The summed E-state index contributed by atoms with van der Waals surface area (Å²) in [7, 11) is 2.89. The normalized spacial score (nSPS) is 10.2. The molecule has 2 amide bonds. The van der Waals surface area contributed by atoms with E-state index < -0.39 is 12.4 Å². The molecule has 0 aliphatic carbocycles. The van der Waals surface area contributed by atoms with Crippen LogP contribution in [0.2, 0.25) is 0 Å². The van der Waals surface area contributed by atoms with E-state index in [-0.39, 0.29) is 0 Å². The van der Waals surface area contributed by atoms with Crippen molar-refractivity contribution in [2.24, 2.45) is 5.73 Å². The van der Waals surface area contributed by atoms with Crippen LogP contribution in [0.3, 0.4) is 0 Å². The van der Waals surface area contributed by atoms with E-state index in [0.29, 0.717) is 6.54 Å². The van der Waals surface area contributed by atoms with E-state index in [0.717, 1.165) is 0 Å².